The van der Waals surface area contributed by atoms with Crippen molar-refractivity contribution in [2.24, 2.45) is 0 Å². The highest BCUT2D eigenvalue weighted by molar-refractivity contribution is 7.11. The molecule has 19 heavy (non-hydrogen) atoms. The Balaban J connectivity index is 1.82. The number of aliphatic hydroxyl groups excluding tert-OH is 1. The van der Waals surface area contributed by atoms with Crippen LogP contribution in [0.5, 0.6) is 0 Å². The van der Waals surface area contributed by atoms with Gasteiger partial charge in [-0.3, -0.25) is 4.79 Å². The van der Waals surface area contributed by atoms with Gasteiger partial charge in [0.05, 0.1) is 6.10 Å². The van der Waals surface area contributed by atoms with E-state index in [1.165, 1.54) is 5.38 Å². The van der Waals surface area contributed by atoms with Crippen molar-refractivity contribution in [2.75, 3.05) is 0 Å². The third-order valence-electron chi connectivity index (χ3n) is 3.85. The average molecular weight is 282 g/mol. The molecule has 1 amide bonds. The first-order valence-corrected chi connectivity index (χ1v) is 7.13. The Labute approximate surface area is 113 Å². The van der Waals surface area contributed by atoms with Gasteiger partial charge < -0.3 is 15.1 Å². The molecule has 2 atom stereocenters. The van der Waals surface area contributed by atoms with E-state index < -0.39 is 5.97 Å². The maximum Gasteiger partial charge on any atom is 0.355 e. The lowest BCUT2D eigenvalue weighted by atomic mass is 10.00. The summed E-state index contributed by atoms with van der Waals surface area (Å²) in [7, 11) is 0. The largest absolute Gasteiger partial charge is 0.476 e. The molecule has 1 aromatic rings. The molecule has 0 aromatic carbocycles. The van der Waals surface area contributed by atoms with Crippen LogP contribution in [-0.2, 0) is 0 Å². The Morgan fingerprint density at radius 2 is 1.95 bits per heavy atom. The first-order valence-electron chi connectivity index (χ1n) is 6.26. The quantitative estimate of drug-likeness (QED) is 0.843. The van der Waals surface area contributed by atoms with Gasteiger partial charge in [-0.25, -0.2) is 9.78 Å². The molecule has 0 aliphatic carbocycles. The van der Waals surface area contributed by atoms with E-state index >= 15 is 0 Å². The van der Waals surface area contributed by atoms with E-state index in [1.54, 1.807) is 4.90 Å². The predicted octanol–water partition coefficient (Wildman–Crippen LogP) is 0.969. The van der Waals surface area contributed by atoms with Gasteiger partial charge in [0.25, 0.3) is 5.91 Å². The van der Waals surface area contributed by atoms with Crippen LogP contribution >= 0.6 is 11.3 Å². The van der Waals surface area contributed by atoms with E-state index in [2.05, 4.69) is 4.98 Å². The zero-order chi connectivity index (χ0) is 13.6. The summed E-state index contributed by atoms with van der Waals surface area (Å²) in [4.78, 5) is 28.8. The molecule has 2 unspecified atom stereocenters. The number of piperidine rings is 1. The minimum atomic E-state index is -1.12. The molecule has 2 bridgehead atoms. The van der Waals surface area contributed by atoms with Gasteiger partial charge in [0.15, 0.2) is 10.7 Å². The van der Waals surface area contributed by atoms with Gasteiger partial charge in [-0.1, -0.05) is 0 Å². The van der Waals surface area contributed by atoms with Crippen molar-refractivity contribution in [3.63, 3.8) is 0 Å². The molecule has 2 fully saturated rings. The van der Waals surface area contributed by atoms with Gasteiger partial charge in [0.2, 0.25) is 0 Å². The van der Waals surface area contributed by atoms with Crippen molar-refractivity contribution >= 4 is 23.2 Å². The zero-order valence-corrected chi connectivity index (χ0v) is 11.0. The average Bonchev–Trinajstić information content (AvgIpc) is 2.93. The molecular weight excluding hydrogens is 268 g/mol. The fourth-order valence-corrected chi connectivity index (χ4v) is 3.79. The summed E-state index contributed by atoms with van der Waals surface area (Å²) >= 11 is 1.07. The van der Waals surface area contributed by atoms with E-state index in [-0.39, 0.29) is 34.8 Å². The van der Waals surface area contributed by atoms with Crippen LogP contribution in [0.15, 0.2) is 5.38 Å². The Morgan fingerprint density at radius 1 is 1.32 bits per heavy atom. The Morgan fingerprint density at radius 3 is 2.47 bits per heavy atom. The van der Waals surface area contributed by atoms with Crippen LogP contribution in [0, 0.1) is 0 Å². The van der Waals surface area contributed by atoms with Gasteiger partial charge in [-0.15, -0.1) is 11.3 Å². The predicted molar refractivity (Wildman–Crippen MR) is 67.3 cm³/mol. The number of rotatable bonds is 2. The first kappa shape index (κ1) is 12.6. The Hall–Kier alpha value is -1.47. The zero-order valence-electron chi connectivity index (χ0n) is 10.2. The highest BCUT2D eigenvalue weighted by atomic mass is 32.1. The van der Waals surface area contributed by atoms with Crippen LogP contribution < -0.4 is 0 Å². The number of fused-ring (bicyclic) bond motifs is 2. The summed E-state index contributed by atoms with van der Waals surface area (Å²) in [6.07, 6.45) is 2.71. The second kappa shape index (κ2) is 4.57. The van der Waals surface area contributed by atoms with Crippen molar-refractivity contribution in [1.82, 2.24) is 9.88 Å². The monoisotopic (exact) mass is 282 g/mol. The smallest absolute Gasteiger partial charge is 0.355 e. The molecule has 102 valence electrons. The van der Waals surface area contributed by atoms with Crippen molar-refractivity contribution < 1.29 is 19.8 Å². The minimum Gasteiger partial charge on any atom is -0.476 e. The summed E-state index contributed by atoms with van der Waals surface area (Å²) in [5, 5.41) is 20.1. The molecule has 3 heterocycles. The number of carboxylic acids is 1. The Kier molecular flexibility index (Phi) is 3.02. The molecule has 2 aliphatic heterocycles. The standard InChI is InChI=1S/C12H14N2O4S/c15-8-3-6-1-2-7(4-8)14(6)11(16)10-13-9(5-19-10)12(17)18/h5-8,15H,1-4H2,(H,17,18). The molecule has 2 aliphatic rings. The molecule has 0 radical (unpaired) electrons. The van der Waals surface area contributed by atoms with Crippen LogP contribution in [0.4, 0.5) is 0 Å². The number of aromatic nitrogens is 1. The van der Waals surface area contributed by atoms with E-state index in [1.807, 2.05) is 0 Å². The van der Waals surface area contributed by atoms with Gasteiger partial charge in [-0.2, -0.15) is 0 Å². The normalized spacial score (nSPS) is 29.5. The topological polar surface area (TPSA) is 90.7 Å². The molecule has 7 heteroatoms. The SMILES string of the molecule is O=C(O)c1csc(C(=O)N2C3CCC2CC(O)C3)n1. The van der Waals surface area contributed by atoms with Crippen LogP contribution in [0.2, 0.25) is 0 Å². The fourth-order valence-electron chi connectivity index (χ4n) is 3.06. The van der Waals surface area contributed by atoms with E-state index in [9.17, 15) is 14.7 Å². The maximum absolute atomic E-state index is 12.4. The molecule has 0 saturated carbocycles. The number of aliphatic hydroxyl groups is 1. The number of aromatic carboxylic acids is 1. The van der Waals surface area contributed by atoms with Gasteiger partial charge >= 0.3 is 5.97 Å². The summed E-state index contributed by atoms with van der Waals surface area (Å²) < 4.78 is 0. The van der Waals surface area contributed by atoms with Gasteiger partial charge in [0, 0.05) is 17.5 Å². The maximum atomic E-state index is 12.4. The lowest BCUT2D eigenvalue weighted by Crippen LogP contribution is -2.48. The van der Waals surface area contributed by atoms with Crippen molar-refractivity contribution in [3.8, 4) is 0 Å². The van der Waals surface area contributed by atoms with Crippen LogP contribution in [0.1, 0.15) is 46.0 Å². The number of carbonyl (C=O) groups excluding carboxylic acids is 1. The molecule has 2 saturated heterocycles. The van der Waals surface area contributed by atoms with E-state index in [0.717, 1.165) is 24.2 Å². The highest BCUT2D eigenvalue weighted by Crippen LogP contribution is 2.37. The lowest BCUT2D eigenvalue weighted by Gasteiger charge is -2.36. The fraction of sp³-hybridized carbons (Fsp3) is 0.583. The van der Waals surface area contributed by atoms with Gasteiger partial charge in [-0.05, 0) is 25.7 Å². The third-order valence-corrected chi connectivity index (χ3v) is 4.68. The molecular formula is C12H14N2O4S. The number of hydrogen-bond acceptors (Lipinski definition) is 5. The summed E-state index contributed by atoms with van der Waals surface area (Å²) in [5.41, 5.74) is -0.0854. The van der Waals surface area contributed by atoms with E-state index in [0.29, 0.717) is 12.8 Å². The number of hydrogen-bond donors (Lipinski definition) is 2. The molecule has 2 N–H and O–H groups in total. The summed E-state index contributed by atoms with van der Waals surface area (Å²) in [5.74, 6) is -1.32. The van der Waals surface area contributed by atoms with Crippen molar-refractivity contribution in [3.05, 3.63) is 16.1 Å². The van der Waals surface area contributed by atoms with Crippen molar-refractivity contribution in [1.29, 1.82) is 0 Å². The molecule has 0 spiro atoms. The molecule has 6 nitrogen and oxygen atoms in total. The molecule has 3 rings (SSSR count). The Bertz CT molecular complexity index is 516. The van der Waals surface area contributed by atoms with Crippen LogP contribution in [0.25, 0.3) is 0 Å². The number of carboxylic acid groups (broad SMARTS) is 1. The van der Waals surface area contributed by atoms with Crippen molar-refractivity contribution in [2.45, 2.75) is 43.9 Å². The number of nitrogens with zero attached hydrogens (tertiary/aromatic N) is 2. The van der Waals surface area contributed by atoms with Crippen LogP contribution in [-0.4, -0.2) is 50.2 Å². The van der Waals surface area contributed by atoms with E-state index in [4.69, 9.17) is 5.11 Å². The number of thiazole rings is 1. The molecule has 1 aromatic heterocycles. The number of carbonyl (C=O) groups is 2. The third kappa shape index (κ3) is 2.12. The van der Waals surface area contributed by atoms with Crippen LogP contribution in [0.3, 0.4) is 0 Å². The number of amides is 1. The summed E-state index contributed by atoms with van der Waals surface area (Å²) in [6, 6.07) is 0.136. The van der Waals surface area contributed by atoms with Gasteiger partial charge in [0.1, 0.15) is 0 Å². The second-order valence-corrected chi connectivity index (χ2v) is 5.92. The minimum absolute atomic E-state index is 0.0680. The first-order chi connectivity index (χ1) is 9.06. The second-order valence-electron chi connectivity index (χ2n) is 5.07. The lowest BCUT2D eigenvalue weighted by molar-refractivity contribution is 0.0286. The summed E-state index contributed by atoms with van der Waals surface area (Å²) in [6.45, 7) is 0. The highest BCUT2D eigenvalue weighted by Gasteiger charge is 2.43.